The van der Waals surface area contributed by atoms with E-state index in [4.69, 9.17) is 0 Å². The minimum absolute atomic E-state index is 1.13. The van der Waals surface area contributed by atoms with E-state index in [1.54, 1.807) is 0 Å². The van der Waals surface area contributed by atoms with Gasteiger partial charge in [0.2, 0.25) is 0 Å². The molecule has 0 saturated heterocycles. The molecule has 4 nitrogen and oxygen atoms in total. The molecule has 0 unspecified atom stereocenters. The number of halogens is 3. The highest BCUT2D eigenvalue weighted by molar-refractivity contribution is 4.47. The highest BCUT2D eigenvalue weighted by atomic mass is 19.4. The average Bonchev–Trinajstić information content (AvgIpc) is 1.69. The van der Waals surface area contributed by atoms with Crippen molar-refractivity contribution in [1.29, 1.82) is 0 Å². The second kappa shape index (κ2) is 5.76. The largest absolute Gasteiger partial charge is 0.402 e. The van der Waals surface area contributed by atoms with Crippen molar-refractivity contribution in [3.05, 3.63) is 0 Å². The van der Waals surface area contributed by atoms with E-state index in [0.29, 0.717) is 0 Å². The van der Waals surface area contributed by atoms with Crippen LogP contribution in [0.15, 0.2) is 0 Å². The van der Waals surface area contributed by atoms with Crippen molar-refractivity contribution < 1.29 is 13.2 Å². The van der Waals surface area contributed by atoms with Crippen LogP contribution in [0, 0.1) is 0 Å². The number of hydrogen-bond acceptors (Lipinski definition) is 4. The van der Waals surface area contributed by atoms with Gasteiger partial charge in [-0.25, -0.2) is 0 Å². The number of rotatable bonds is 1. The van der Waals surface area contributed by atoms with Gasteiger partial charge in [-0.3, -0.25) is 23.0 Å². The van der Waals surface area contributed by atoms with E-state index < -0.39 is 12.7 Å². The summed E-state index contributed by atoms with van der Waals surface area (Å²) in [7, 11) is 0. The van der Waals surface area contributed by atoms with Crippen LogP contribution in [0.3, 0.4) is 0 Å². The minimum atomic E-state index is -4.19. The van der Waals surface area contributed by atoms with Crippen molar-refractivity contribution in [1.82, 2.24) is 5.43 Å². The third-order valence-electron chi connectivity index (χ3n) is 0.303. The van der Waals surface area contributed by atoms with Crippen molar-refractivity contribution in [3.8, 4) is 0 Å². The van der Waals surface area contributed by atoms with Gasteiger partial charge in [0.05, 0.1) is 0 Å². The van der Waals surface area contributed by atoms with Crippen LogP contribution in [0.1, 0.15) is 0 Å². The Morgan fingerprint density at radius 1 is 1.22 bits per heavy atom. The first-order valence-electron chi connectivity index (χ1n) is 1.90. The van der Waals surface area contributed by atoms with Gasteiger partial charge in [-0.2, -0.15) is 13.2 Å². The molecule has 0 aromatic rings. The van der Waals surface area contributed by atoms with Gasteiger partial charge in [-0.15, -0.1) is 0 Å². The van der Waals surface area contributed by atoms with Gasteiger partial charge in [0, 0.05) is 0 Å². The molecule has 0 bridgehead atoms. The van der Waals surface area contributed by atoms with Gasteiger partial charge >= 0.3 is 6.18 Å². The molecule has 7 heteroatoms. The highest BCUT2D eigenvalue weighted by Gasteiger charge is 2.25. The molecule has 0 fully saturated rings. The van der Waals surface area contributed by atoms with E-state index >= 15 is 0 Å². The molecule has 0 aliphatic carbocycles. The van der Waals surface area contributed by atoms with Crippen LogP contribution in [0.25, 0.3) is 0 Å². The monoisotopic (exact) mass is 146 g/mol. The lowest BCUT2D eigenvalue weighted by Crippen LogP contribution is -2.33. The van der Waals surface area contributed by atoms with E-state index in [1.165, 1.54) is 5.43 Å². The first kappa shape index (κ1) is 11.4. The quantitative estimate of drug-likeness (QED) is 0.277. The molecule has 0 radical (unpaired) electrons. The second-order valence-electron chi connectivity index (χ2n) is 0.996. The van der Waals surface area contributed by atoms with Crippen molar-refractivity contribution >= 4 is 0 Å². The summed E-state index contributed by atoms with van der Waals surface area (Å²) in [4.78, 5) is 0. The molecule has 9 heavy (non-hydrogen) atoms. The summed E-state index contributed by atoms with van der Waals surface area (Å²) in [6, 6.07) is 0. The van der Waals surface area contributed by atoms with Crippen LogP contribution < -0.4 is 23.0 Å². The Kier molecular flexibility index (Phi) is 7.32. The molecular weight excluding hydrogens is 137 g/mol. The van der Waals surface area contributed by atoms with Crippen molar-refractivity contribution in [2.45, 2.75) is 6.18 Å². The lowest BCUT2D eigenvalue weighted by atomic mass is 10.7. The Morgan fingerprint density at radius 2 is 1.56 bits per heavy atom. The molecule has 0 heterocycles. The molecule has 0 aromatic carbocycles. The van der Waals surface area contributed by atoms with Crippen molar-refractivity contribution in [3.63, 3.8) is 0 Å². The fraction of sp³-hybridized carbons (Fsp3) is 1.00. The molecule has 0 saturated carbocycles. The van der Waals surface area contributed by atoms with E-state index in [1.807, 2.05) is 0 Å². The molecule has 0 aliphatic rings. The maximum absolute atomic E-state index is 10.9. The summed E-state index contributed by atoms with van der Waals surface area (Å²) in [5, 5.41) is 0. The summed E-state index contributed by atoms with van der Waals surface area (Å²) in [6.45, 7) is -1.13. The predicted molar refractivity (Wildman–Crippen MR) is 26.6 cm³/mol. The lowest BCUT2D eigenvalue weighted by molar-refractivity contribution is -0.124. The zero-order chi connectivity index (χ0) is 7.91. The van der Waals surface area contributed by atoms with Crippen LogP contribution in [0.2, 0.25) is 0 Å². The normalized spacial score (nSPS) is 10.0. The summed E-state index contributed by atoms with van der Waals surface area (Å²) >= 11 is 0. The summed E-state index contributed by atoms with van der Waals surface area (Å²) < 4.78 is 32.7. The van der Waals surface area contributed by atoms with Crippen LogP contribution in [0.5, 0.6) is 0 Å². The van der Waals surface area contributed by atoms with E-state index in [-0.39, 0.29) is 0 Å². The highest BCUT2D eigenvalue weighted by Crippen LogP contribution is 2.11. The smallest absolute Gasteiger partial charge is 0.274 e. The van der Waals surface area contributed by atoms with Gasteiger partial charge in [0.1, 0.15) is 6.54 Å². The first-order valence-corrected chi connectivity index (χ1v) is 1.90. The number of nitrogens with two attached hydrogens (primary N) is 3. The molecule has 0 rings (SSSR count). The second-order valence-corrected chi connectivity index (χ2v) is 0.996. The summed E-state index contributed by atoms with van der Waals surface area (Å²) in [6.07, 6.45) is -4.19. The predicted octanol–water partition coefficient (Wildman–Crippen LogP) is -1.17. The van der Waals surface area contributed by atoms with E-state index in [9.17, 15) is 13.2 Å². The molecule has 0 spiro atoms. The van der Waals surface area contributed by atoms with Crippen LogP contribution >= 0.6 is 0 Å². The van der Waals surface area contributed by atoms with Crippen LogP contribution in [-0.4, -0.2) is 12.7 Å². The number of nitrogens with one attached hydrogen (secondary N) is 1. The molecule has 0 aliphatic heterocycles. The maximum Gasteiger partial charge on any atom is 0.402 e. The third kappa shape index (κ3) is 18.4. The molecular formula is C2H9F3N4. The molecule has 58 valence electrons. The fourth-order valence-corrected chi connectivity index (χ4v) is 0.116. The number of hydrogen-bond donors (Lipinski definition) is 4. The molecule has 0 amide bonds. The summed E-state index contributed by atoms with van der Waals surface area (Å²) in [5.74, 6) is 12.3. The molecule has 0 atom stereocenters. The van der Waals surface area contributed by atoms with E-state index in [0.717, 1.165) is 0 Å². The number of alkyl halides is 3. The van der Waals surface area contributed by atoms with Gasteiger partial charge in [-0.05, 0) is 0 Å². The van der Waals surface area contributed by atoms with Crippen molar-refractivity contribution in [2.75, 3.05) is 6.54 Å². The SMILES string of the molecule is NN.NNCC(F)(F)F. The summed E-state index contributed by atoms with van der Waals surface area (Å²) in [5.41, 5.74) is 1.48. The topological polar surface area (TPSA) is 90.1 Å². The Hall–Kier alpha value is -0.370. The van der Waals surface area contributed by atoms with Crippen LogP contribution in [0.4, 0.5) is 13.2 Å². The van der Waals surface area contributed by atoms with Crippen molar-refractivity contribution in [2.24, 2.45) is 17.5 Å². The zero-order valence-corrected chi connectivity index (χ0v) is 4.57. The Labute approximate surface area is 50.1 Å². The van der Waals surface area contributed by atoms with Gasteiger partial charge in [0.15, 0.2) is 0 Å². The number of hydrazine groups is 2. The molecule has 7 N–H and O–H groups in total. The fourth-order valence-electron chi connectivity index (χ4n) is 0.116. The Morgan fingerprint density at radius 3 is 1.56 bits per heavy atom. The Bertz CT molecular complexity index is 52.3. The average molecular weight is 146 g/mol. The first-order chi connectivity index (χ1) is 4.06. The molecule has 0 aromatic heterocycles. The van der Waals surface area contributed by atoms with Gasteiger partial charge in [0.25, 0.3) is 0 Å². The van der Waals surface area contributed by atoms with Crippen LogP contribution in [-0.2, 0) is 0 Å². The lowest BCUT2D eigenvalue weighted by Gasteiger charge is -2.01. The maximum atomic E-state index is 10.9. The van der Waals surface area contributed by atoms with Gasteiger partial charge < -0.3 is 0 Å². The third-order valence-corrected chi connectivity index (χ3v) is 0.303. The standard InChI is InChI=1S/C2H5F3N2.H4N2/c3-2(4,5)1-7-6;1-2/h7H,1,6H2;1-2H2. The Balaban J connectivity index is 0. The van der Waals surface area contributed by atoms with E-state index in [2.05, 4.69) is 17.5 Å². The van der Waals surface area contributed by atoms with Gasteiger partial charge in [-0.1, -0.05) is 0 Å². The zero-order valence-electron chi connectivity index (χ0n) is 4.57. The minimum Gasteiger partial charge on any atom is -0.274 e.